The van der Waals surface area contributed by atoms with Crippen LogP contribution in [0.15, 0.2) is 0 Å². The van der Waals surface area contributed by atoms with Crippen molar-refractivity contribution >= 4 is 0 Å². The first-order valence-electron chi connectivity index (χ1n) is 12.9. The Balaban J connectivity index is -0.000000394. The van der Waals surface area contributed by atoms with E-state index in [2.05, 4.69) is 41.5 Å². The van der Waals surface area contributed by atoms with Crippen molar-refractivity contribution in [2.24, 2.45) is 23.7 Å². The predicted octanol–water partition coefficient (Wildman–Crippen LogP) is 10.6. The lowest BCUT2D eigenvalue weighted by Crippen LogP contribution is -2.10. The predicted molar refractivity (Wildman–Crippen MR) is 131 cm³/mol. The quantitative estimate of drug-likeness (QED) is 0.252. The maximum atomic E-state index is 9.50. The second-order valence-electron chi connectivity index (χ2n) is 8.83. The summed E-state index contributed by atoms with van der Waals surface area (Å²) in [5, 5.41) is 0. The minimum atomic E-state index is 0.500. The lowest BCUT2D eigenvalue weighted by atomic mass is 9.84. The molecule has 0 aromatic carbocycles. The molecule has 0 aliphatic heterocycles. The van der Waals surface area contributed by atoms with Crippen LogP contribution in [0.1, 0.15) is 145 Å². The van der Waals surface area contributed by atoms with Crippen LogP contribution in [-0.4, -0.2) is 7.18 Å². The summed E-state index contributed by atoms with van der Waals surface area (Å²) in [6.07, 6.45) is 20.3. The average molecular weight is 403 g/mol. The van der Waals surface area contributed by atoms with Gasteiger partial charge in [0, 0.05) is 0 Å². The van der Waals surface area contributed by atoms with Gasteiger partial charge in [-0.15, -0.1) is 0 Å². The Bertz CT molecular complexity index is 233. The summed E-state index contributed by atoms with van der Waals surface area (Å²) >= 11 is 0. The minimum absolute atomic E-state index is 0.500. The van der Waals surface area contributed by atoms with Gasteiger partial charge in [-0.05, 0) is 23.7 Å². The van der Waals surface area contributed by atoms with Crippen molar-refractivity contribution in [2.75, 3.05) is 7.18 Å². The van der Waals surface area contributed by atoms with Gasteiger partial charge >= 0.3 is 0 Å². The zero-order valence-electron chi connectivity index (χ0n) is 21.6. The summed E-state index contributed by atoms with van der Waals surface area (Å²) in [5.74, 6) is 3.94. The van der Waals surface area contributed by atoms with E-state index in [-0.39, 0.29) is 0 Å². The molecule has 0 aromatic heterocycles. The first kappa shape index (κ1) is 32.6. The van der Waals surface area contributed by atoms with Crippen LogP contribution in [0, 0.1) is 23.7 Å². The van der Waals surface area contributed by atoms with Crippen LogP contribution in [0.2, 0.25) is 0 Å². The van der Waals surface area contributed by atoms with Crippen molar-refractivity contribution < 1.29 is 4.39 Å². The smallest absolute Gasteiger partial charge is 0.0785 e. The van der Waals surface area contributed by atoms with E-state index in [1.54, 1.807) is 0 Å². The van der Waals surface area contributed by atoms with Crippen LogP contribution in [0.4, 0.5) is 4.39 Å². The highest BCUT2D eigenvalue weighted by Crippen LogP contribution is 2.31. The summed E-state index contributed by atoms with van der Waals surface area (Å²) in [4.78, 5) is 0. The monoisotopic (exact) mass is 402 g/mol. The molecular formula is C27H59F. The molecule has 0 amide bonds. The first-order valence-corrected chi connectivity index (χ1v) is 12.9. The van der Waals surface area contributed by atoms with E-state index in [9.17, 15) is 4.39 Å². The van der Waals surface area contributed by atoms with E-state index in [1.165, 1.54) is 89.9 Å². The molecule has 174 valence electrons. The summed E-state index contributed by atoms with van der Waals surface area (Å²) in [6.45, 7) is 18.1. The van der Waals surface area contributed by atoms with E-state index < -0.39 is 0 Å². The second kappa shape index (κ2) is 26.9. The van der Waals surface area contributed by atoms with Gasteiger partial charge in [0.1, 0.15) is 0 Å². The number of hydrogen-bond acceptors (Lipinski definition) is 0. The number of rotatable bonds is 10. The highest BCUT2D eigenvalue weighted by molar-refractivity contribution is 4.70. The van der Waals surface area contributed by atoms with Gasteiger partial charge in [-0.2, -0.15) is 0 Å². The Morgan fingerprint density at radius 3 is 1.46 bits per heavy atom. The molecule has 0 radical (unpaired) electrons. The van der Waals surface area contributed by atoms with Crippen LogP contribution in [0.25, 0.3) is 0 Å². The van der Waals surface area contributed by atoms with Crippen LogP contribution < -0.4 is 0 Å². The van der Waals surface area contributed by atoms with Gasteiger partial charge in [-0.3, -0.25) is 4.39 Å². The maximum absolute atomic E-state index is 9.50. The lowest BCUT2D eigenvalue weighted by molar-refractivity contribution is 0.296. The standard InChI is InChI=1S/C14H28.C10H22.C2H6.CH3F/c1-3-4-7-10-13(2)14-11-8-5-6-9-12-14;1-5-9(3)7-8-10(4)6-2;2*1-2/h13-14H,3-12H2,1-2H3;9-10H,5-8H2,1-4H3;1-2H3;1H3. The lowest BCUT2D eigenvalue weighted by Gasteiger charge is -2.22. The van der Waals surface area contributed by atoms with Crippen molar-refractivity contribution in [2.45, 2.75) is 145 Å². The highest BCUT2D eigenvalue weighted by atomic mass is 19.1. The molecule has 0 aromatic rings. The number of hydrogen-bond donors (Lipinski definition) is 0. The molecule has 1 aliphatic rings. The molecule has 1 rings (SSSR count). The largest absolute Gasteiger partial charge is 0.255 e. The topological polar surface area (TPSA) is 0 Å². The fourth-order valence-corrected chi connectivity index (χ4v) is 3.81. The fraction of sp³-hybridized carbons (Fsp3) is 1.00. The third kappa shape index (κ3) is 22.2. The van der Waals surface area contributed by atoms with E-state index in [4.69, 9.17) is 0 Å². The van der Waals surface area contributed by atoms with Crippen LogP contribution in [0.3, 0.4) is 0 Å². The van der Waals surface area contributed by atoms with Crippen molar-refractivity contribution in [3.05, 3.63) is 0 Å². The second-order valence-corrected chi connectivity index (χ2v) is 8.83. The van der Waals surface area contributed by atoms with Crippen LogP contribution >= 0.6 is 0 Å². The zero-order chi connectivity index (χ0) is 22.2. The van der Waals surface area contributed by atoms with Gasteiger partial charge in [0.2, 0.25) is 0 Å². The minimum Gasteiger partial charge on any atom is -0.255 e. The third-order valence-electron chi connectivity index (χ3n) is 6.51. The van der Waals surface area contributed by atoms with Gasteiger partial charge in [-0.25, -0.2) is 0 Å². The van der Waals surface area contributed by atoms with E-state index in [1.807, 2.05) is 13.8 Å². The van der Waals surface area contributed by atoms with Crippen molar-refractivity contribution in [3.63, 3.8) is 0 Å². The Morgan fingerprint density at radius 2 is 1.11 bits per heavy atom. The average Bonchev–Trinajstić information content (AvgIpc) is 3.04. The molecule has 0 nitrogen and oxygen atoms in total. The van der Waals surface area contributed by atoms with Crippen molar-refractivity contribution in [1.29, 1.82) is 0 Å². The molecule has 1 saturated carbocycles. The van der Waals surface area contributed by atoms with Gasteiger partial charge < -0.3 is 0 Å². The molecule has 0 bridgehead atoms. The van der Waals surface area contributed by atoms with Gasteiger partial charge in [0.05, 0.1) is 7.18 Å². The molecule has 1 fully saturated rings. The first-order chi connectivity index (χ1) is 13.5. The van der Waals surface area contributed by atoms with Gasteiger partial charge in [0.15, 0.2) is 0 Å². The Labute approximate surface area is 180 Å². The molecule has 3 unspecified atom stereocenters. The van der Waals surface area contributed by atoms with Crippen LogP contribution in [0.5, 0.6) is 0 Å². The number of halogens is 1. The van der Waals surface area contributed by atoms with E-state index >= 15 is 0 Å². The fourth-order valence-electron chi connectivity index (χ4n) is 3.81. The molecule has 0 spiro atoms. The molecule has 1 aliphatic carbocycles. The summed E-state index contributed by atoms with van der Waals surface area (Å²) in [7, 11) is 0.500. The van der Waals surface area contributed by atoms with E-state index in [0.29, 0.717) is 7.18 Å². The number of alkyl halides is 1. The normalized spacial score (nSPS) is 17.4. The molecule has 0 saturated heterocycles. The molecule has 1 heteroatoms. The Kier molecular flexibility index (Phi) is 31.3. The van der Waals surface area contributed by atoms with Crippen molar-refractivity contribution in [1.82, 2.24) is 0 Å². The molecule has 3 atom stereocenters. The SMILES string of the molecule is CC.CCC(C)CCC(C)CC.CCCCCC(C)C1CCCCCC1.CF. The highest BCUT2D eigenvalue weighted by Gasteiger charge is 2.18. The number of unbranched alkanes of at least 4 members (excludes halogenated alkanes) is 2. The maximum Gasteiger partial charge on any atom is 0.0785 e. The molecular weight excluding hydrogens is 343 g/mol. The Hall–Kier alpha value is -0.0700. The molecule has 0 heterocycles. The third-order valence-corrected chi connectivity index (χ3v) is 6.51. The molecule has 0 N–H and O–H groups in total. The zero-order valence-corrected chi connectivity index (χ0v) is 21.6. The van der Waals surface area contributed by atoms with Gasteiger partial charge in [-0.1, -0.05) is 145 Å². The van der Waals surface area contributed by atoms with E-state index in [0.717, 1.165) is 23.7 Å². The van der Waals surface area contributed by atoms with Crippen LogP contribution in [-0.2, 0) is 0 Å². The molecule has 28 heavy (non-hydrogen) atoms. The van der Waals surface area contributed by atoms with Crippen molar-refractivity contribution in [3.8, 4) is 0 Å². The summed E-state index contributed by atoms with van der Waals surface area (Å²) in [5.41, 5.74) is 0. The summed E-state index contributed by atoms with van der Waals surface area (Å²) in [6, 6.07) is 0. The summed E-state index contributed by atoms with van der Waals surface area (Å²) < 4.78 is 9.50. The van der Waals surface area contributed by atoms with Gasteiger partial charge in [0.25, 0.3) is 0 Å². The Morgan fingerprint density at radius 1 is 0.679 bits per heavy atom.